The SMILES string of the molecule is CNC(Cc1ccccc1C)c1ccc(Br)s1. The van der Waals surface area contributed by atoms with E-state index in [-0.39, 0.29) is 0 Å². The highest BCUT2D eigenvalue weighted by atomic mass is 79.9. The molecule has 0 bridgehead atoms. The maximum absolute atomic E-state index is 3.52. The van der Waals surface area contributed by atoms with Gasteiger partial charge in [-0.2, -0.15) is 0 Å². The van der Waals surface area contributed by atoms with Crippen LogP contribution < -0.4 is 5.32 Å². The summed E-state index contributed by atoms with van der Waals surface area (Å²) >= 11 is 5.32. The maximum atomic E-state index is 3.52. The molecule has 0 radical (unpaired) electrons. The monoisotopic (exact) mass is 309 g/mol. The van der Waals surface area contributed by atoms with Crippen molar-refractivity contribution >= 4 is 27.3 Å². The molecule has 1 N–H and O–H groups in total. The quantitative estimate of drug-likeness (QED) is 0.886. The Bertz CT molecular complexity index is 492. The first-order chi connectivity index (χ1) is 8.20. The molecule has 0 aliphatic rings. The molecule has 90 valence electrons. The summed E-state index contributed by atoms with van der Waals surface area (Å²) in [5.74, 6) is 0. The number of halogens is 1. The van der Waals surface area contributed by atoms with Gasteiger partial charge in [-0.15, -0.1) is 11.3 Å². The van der Waals surface area contributed by atoms with Crippen LogP contribution in [0.5, 0.6) is 0 Å². The van der Waals surface area contributed by atoms with E-state index in [1.165, 1.54) is 19.8 Å². The first-order valence-corrected chi connectivity index (χ1v) is 7.28. The molecular formula is C14H16BrNS. The molecule has 0 aliphatic carbocycles. The molecule has 17 heavy (non-hydrogen) atoms. The fourth-order valence-electron chi connectivity index (χ4n) is 1.92. The van der Waals surface area contributed by atoms with Crippen molar-refractivity contribution in [1.82, 2.24) is 5.32 Å². The van der Waals surface area contributed by atoms with E-state index in [0.717, 1.165) is 6.42 Å². The van der Waals surface area contributed by atoms with Gasteiger partial charge in [0, 0.05) is 10.9 Å². The van der Waals surface area contributed by atoms with Crippen molar-refractivity contribution in [3.05, 3.63) is 56.2 Å². The predicted molar refractivity (Wildman–Crippen MR) is 78.7 cm³/mol. The molecule has 1 aromatic heterocycles. The van der Waals surface area contributed by atoms with Crippen LogP contribution in [0.25, 0.3) is 0 Å². The number of nitrogens with one attached hydrogen (secondary N) is 1. The maximum Gasteiger partial charge on any atom is 0.0701 e. The summed E-state index contributed by atoms with van der Waals surface area (Å²) in [6, 6.07) is 13.3. The largest absolute Gasteiger partial charge is 0.312 e. The van der Waals surface area contributed by atoms with Crippen LogP contribution in [0.4, 0.5) is 0 Å². The predicted octanol–water partition coefficient (Wildman–Crippen LogP) is 4.32. The molecule has 0 saturated carbocycles. The Balaban J connectivity index is 2.18. The smallest absolute Gasteiger partial charge is 0.0701 e. The first kappa shape index (κ1) is 12.8. The van der Waals surface area contributed by atoms with Gasteiger partial charge in [0.25, 0.3) is 0 Å². The summed E-state index contributed by atoms with van der Waals surface area (Å²) in [6.07, 6.45) is 1.04. The van der Waals surface area contributed by atoms with Crippen molar-refractivity contribution in [3.8, 4) is 0 Å². The number of hydrogen-bond acceptors (Lipinski definition) is 2. The van der Waals surface area contributed by atoms with Gasteiger partial charge in [-0.1, -0.05) is 24.3 Å². The molecule has 1 aromatic carbocycles. The fraction of sp³-hybridized carbons (Fsp3) is 0.286. The number of hydrogen-bond donors (Lipinski definition) is 1. The molecule has 2 aromatic rings. The van der Waals surface area contributed by atoms with E-state index in [2.05, 4.69) is 64.6 Å². The Morgan fingerprint density at radius 1 is 1.24 bits per heavy atom. The lowest BCUT2D eigenvalue weighted by atomic mass is 10.0. The van der Waals surface area contributed by atoms with Gasteiger partial charge in [-0.3, -0.25) is 0 Å². The zero-order valence-corrected chi connectivity index (χ0v) is 12.4. The van der Waals surface area contributed by atoms with Crippen LogP contribution in [0.3, 0.4) is 0 Å². The number of thiophene rings is 1. The molecule has 0 spiro atoms. The molecule has 0 saturated heterocycles. The molecule has 1 heterocycles. The van der Waals surface area contributed by atoms with Gasteiger partial charge in [0.15, 0.2) is 0 Å². The normalized spacial score (nSPS) is 12.6. The average molecular weight is 310 g/mol. The van der Waals surface area contributed by atoms with Crippen molar-refractivity contribution in [2.24, 2.45) is 0 Å². The Hall–Kier alpha value is -0.640. The summed E-state index contributed by atoms with van der Waals surface area (Å²) < 4.78 is 1.19. The zero-order valence-electron chi connectivity index (χ0n) is 10.0. The van der Waals surface area contributed by atoms with E-state index in [1.807, 2.05) is 7.05 Å². The molecule has 0 fully saturated rings. The fourth-order valence-corrected chi connectivity index (χ4v) is 3.45. The molecule has 0 amide bonds. The molecule has 0 aliphatic heterocycles. The number of rotatable bonds is 4. The Morgan fingerprint density at radius 3 is 2.59 bits per heavy atom. The minimum Gasteiger partial charge on any atom is -0.312 e. The van der Waals surface area contributed by atoms with Crippen LogP contribution in [-0.2, 0) is 6.42 Å². The van der Waals surface area contributed by atoms with Crippen LogP contribution >= 0.6 is 27.3 Å². The Kier molecular flexibility index (Phi) is 4.37. The van der Waals surface area contributed by atoms with Crippen molar-refractivity contribution in [3.63, 3.8) is 0 Å². The van der Waals surface area contributed by atoms with Crippen LogP contribution in [-0.4, -0.2) is 7.05 Å². The lowest BCUT2D eigenvalue weighted by Crippen LogP contribution is -2.18. The van der Waals surface area contributed by atoms with Crippen molar-refractivity contribution in [1.29, 1.82) is 0 Å². The van der Waals surface area contributed by atoms with Crippen LogP contribution in [0, 0.1) is 6.92 Å². The Morgan fingerprint density at radius 2 is 2.00 bits per heavy atom. The van der Waals surface area contributed by atoms with E-state index in [1.54, 1.807) is 11.3 Å². The third kappa shape index (κ3) is 3.18. The minimum atomic E-state index is 0.396. The second-order valence-electron chi connectivity index (χ2n) is 4.11. The van der Waals surface area contributed by atoms with E-state index in [9.17, 15) is 0 Å². The molecule has 3 heteroatoms. The van der Waals surface area contributed by atoms with Gasteiger partial charge >= 0.3 is 0 Å². The second-order valence-corrected chi connectivity index (χ2v) is 6.61. The molecule has 1 atom stereocenters. The van der Waals surface area contributed by atoms with Crippen LogP contribution in [0.15, 0.2) is 40.2 Å². The van der Waals surface area contributed by atoms with Gasteiger partial charge in [0.1, 0.15) is 0 Å². The minimum absolute atomic E-state index is 0.396. The number of likely N-dealkylation sites (N-methyl/N-ethyl adjacent to an activating group) is 1. The lowest BCUT2D eigenvalue weighted by molar-refractivity contribution is 0.600. The lowest BCUT2D eigenvalue weighted by Gasteiger charge is -2.16. The van der Waals surface area contributed by atoms with Crippen molar-refractivity contribution in [2.75, 3.05) is 7.05 Å². The van der Waals surface area contributed by atoms with Gasteiger partial charge < -0.3 is 5.32 Å². The van der Waals surface area contributed by atoms with Gasteiger partial charge in [0.2, 0.25) is 0 Å². The van der Waals surface area contributed by atoms with Gasteiger partial charge in [-0.05, 0) is 59.6 Å². The summed E-state index contributed by atoms with van der Waals surface area (Å²) in [4.78, 5) is 1.38. The molecule has 1 nitrogen and oxygen atoms in total. The summed E-state index contributed by atoms with van der Waals surface area (Å²) in [5.41, 5.74) is 2.78. The van der Waals surface area contributed by atoms with E-state index < -0.39 is 0 Å². The third-order valence-corrected chi connectivity index (χ3v) is 4.71. The Labute approximate surface area is 115 Å². The van der Waals surface area contributed by atoms with Gasteiger partial charge in [0.05, 0.1) is 3.79 Å². The number of aryl methyl sites for hydroxylation is 1. The van der Waals surface area contributed by atoms with Crippen molar-refractivity contribution < 1.29 is 0 Å². The van der Waals surface area contributed by atoms with E-state index in [0.29, 0.717) is 6.04 Å². The highest BCUT2D eigenvalue weighted by Gasteiger charge is 2.13. The number of benzene rings is 1. The van der Waals surface area contributed by atoms with E-state index >= 15 is 0 Å². The first-order valence-electron chi connectivity index (χ1n) is 5.67. The van der Waals surface area contributed by atoms with Crippen LogP contribution in [0.2, 0.25) is 0 Å². The van der Waals surface area contributed by atoms with E-state index in [4.69, 9.17) is 0 Å². The summed E-state index contributed by atoms with van der Waals surface area (Å²) in [7, 11) is 2.02. The standard InChI is InChI=1S/C14H16BrNS/c1-10-5-3-4-6-11(10)9-12(16-2)13-7-8-14(15)17-13/h3-8,12,16H,9H2,1-2H3. The average Bonchev–Trinajstić information content (AvgIpc) is 2.75. The summed E-state index contributed by atoms with van der Waals surface area (Å²) in [5, 5.41) is 3.40. The molecular weight excluding hydrogens is 294 g/mol. The van der Waals surface area contributed by atoms with Gasteiger partial charge in [-0.25, -0.2) is 0 Å². The highest BCUT2D eigenvalue weighted by Crippen LogP contribution is 2.29. The van der Waals surface area contributed by atoms with Crippen LogP contribution in [0.1, 0.15) is 22.0 Å². The zero-order chi connectivity index (χ0) is 12.3. The third-order valence-electron chi connectivity index (χ3n) is 2.97. The summed E-state index contributed by atoms with van der Waals surface area (Å²) in [6.45, 7) is 2.17. The molecule has 2 rings (SSSR count). The second kappa shape index (κ2) is 5.80. The highest BCUT2D eigenvalue weighted by molar-refractivity contribution is 9.11. The molecule has 1 unspecified atom stereocenters. The topological polar surface area (TPSA) is 12.0 Å². The van der Waals surface area contributed by atoms with Crippen molar-refractivity contribution in [2.45, 2.75) is 19.4 Å².